The number of nitrogens with one attached hydrogen (secondary N) is 1. The molecule has 0 saturated carbocycles. The summed E-state index contributed by atoms with van der Waals surface area (Å²) in [5.41, 5.74) is 0.933. The van der Waals surface area contributed by atoms with Crippen molar-refractivity contribution in [2.75, 3.05) is 13.2 Å². The van der Waals surface area contributed by atoms with Crippen molar-refractivity contribution >= 4 is 6.03 Å². The highest BCUT2D eigenvalue weighted by Gasteiger charge is 2.36. The summed E-state index contributed by atoms with van der Waals surface area (Å²) >= 11 is 0. The predicted octanol–water partition coefficient (Wildman–Crippen LogP) is 2.12. The molecule has 7 heteroatoms. The molecule has 2 atom stereocenters. The van der Waals surface area contributed by atoms with E-state index in [9.17, 15) is 4.79 Å². The number of likely N-dealkylation sites (tertiary alicyclic amines) is 1. The van der Waals surface area contributed by atoms with Gasteiger partial charge >= 0.3 is 6.03 Å². The molecule has 2 aromatic rings. The number of carbonyl (C=O) groups excluding carboxylic acids is 1. The Morgan fingerprint density at radius 3 is 2.92 bits per heavy atom. The predicted molar refractivity (Wildman–Crippen MR) is 92.3 cm³/mol. The first-order chi connectivity index (χ1) is 12.3. The molecule has 132 valence electrons. The quantitative estimate of drug-likeness (QED) is 0.924. The van der Waals surface area contributed by atoms with Gasteiger partial charge in [-0.1, -0.05) is 18.2 Å². The van der Waals surface area contributed by atoms with Gasteiger partial charge in [0.2, 0.25) is 0 Å². The Labute approximate surface area is 147 Å². The Balaban J connectivity index is 1.40. The zero-order valence-corrected chi connectivity index (χ0v) is 14.2. The van der Waals surface area contributed by atoms with E-state index in [1.165, 1.54) is 6.33 Å². The molecule has 2 amide bonds. The van der Waals surface area contributed by atoms with Gasteiger partial charge in [-0.25, -0.2) is 14.5 Å². The summed E-state index contributed by atoms with van der Waals surface area (Å²) in [5.74, 6) is 0.715. The minimum atomic E-state index is -0.0411. The summed E-state index contributed by atoms with van der Waals surface area (Å²) in [7, 11) is 0. The Kier molecular flexibility index (Phi) is 4.65. The smallest absolute Gasteiger partial charge is 0.318 e. The molecule has 1 aromatic heterocycles. The number of hydrogen-bond acceptors (Lipinski definition) is 4. The van der Waals surface area contributed by atoms with Crippen molar-refractivity contribution < 1.29 is 9.53 Å². The first-order valence-electron chi connectivity index (χ1n) is 8.93. The highest BCUT2D eigenvalue weighted by molar-refractivity contribution is 5.74. The summed E-state index contributed by atoms with van der Waals surface area (Å²) in [6.07, 6.45) is 5.92. The molecule has 0 radical (unpaired) electrons. The topological polar surface area (TPSA) is 72.3 Å². The van der Waals surface area contributed by atoms with Crippen molar-refractivity contribution in [3.8, 4) is 5.69 Å². The van der Waals surface area contributed by atoms with E-state index in [1.807, 2.05) is 35.2 Å². The average molecular weight is 341 g/mol. The molecule has 2 fully saturated rings. The molecular formula is C18H23N5O2. The zero-order chi connectivity index (χ0) is 17.1. The molecule has 2 saturated heterocycles. The highest BCUT2D eigenvalue weighted by atomic mass is 16.5. The Morgan fingerprint density at radius 1 is 1.24 bits per heavy atom. The average Bonchev–Trinajstić information content (AvgIpc) is 3.41. The Bertz CT molecular complexity index is 711. The van der Waals surface area contributed by atoms with Gasteiger partial charge in [0.1, 0.15) is 6.33 Å². The van der Waals surface area contributed by atoms with Crippen molar-refractivity contribution in [3.63, 3.8) is 0 Å². The second-order valence-corrected chi connectivity index (χ2v) is 6.54. The van der Waals surface area contributed by atoms with Crippen LogP contribution in [0.15, 0.2) is 36.7 Å². The van der Waals surface area contributed by atoms with Gasteiger partial charge in [-0.3, -0.25) is 0 Å². The highest BCUT2D eigenvalue weighted by Crippen LogP contribution is 2.27. The standard InChI is InChI=1S/C18H23N5O2/c24-18(22-10-4-8-15(22)16-9-5-11-25-16)19-12-17-20-13-21-23(17)14-6-2-1-3-7-14/h1-3,6-7,13,15-16H,4-5,8-12H2,(H,19,24)/t15-,16+/m0/s1. The van der Waals surface area contributed by atoms with Crippen LogP contribution in [0.5, 0.6) is 0 Å². The van der Waals surface area contributed by atoms with Crippen LogP contribution in [0.1, 0.15) is 31.5 Å². The molecule has 0 unspecified atom stereocenters. The van der Waals surface area contributed by atoms with Gasteiger partial charge in [0.15, 0.2) is 5.82 Å². The number of hydrogen-bond donors (Lipinski definition) is 1. The van der Waals surface area contributed by atoms with Crippen molar-refractivity contribution in [2.24, 2.45) is 0 Å². The summed E-state index contributed by atoms with van der Waals surface area (Å²) in [4.78, 5) is 18.9. The molecule has 7 nitrogen and oxygen atoms in total. The van der Waals surface area contributed by atoms with Crippen molar-refractivity contribution in [2.45, 2.75) is 44.4 Å². The molecule has 2 aliphatic heterocycles. The molecule has 2 aliphatic rings. The molecular weight excluding hydrogens is 318 g/mol. The third kappa shape index (κ3) is 3.37. The van der Waals surface area contributed by atoms with Crippen LogP contribution in [0.4, 0.5) is 4.79 Å². The fourth-order valence-electron chi connectivity index (χ4n) is 3.76. The maximum atomic E-state index is 12.7. The first-order valence-corrected chi connectivity index (χ1v) is 8.93. The normalized spacial score (nSPS) is 23.1. The number of nitrogens with zero attached hydrogens (tertiary/aromatic N) is 4. The summed E-state index contributed by atoms with van der Waals surface area (Å²) in [6, 6.07) is 9.96. The van der Waals surface area contributed by atoms with Crippen LogP contribution < -0.4 is 5.32 Å². The summed E-state index contributed by atoms with van der Waals surface area (Å²) in [6.45, 7) is 1.96. The van der Waals surface area contributed by atoms with Crippen LogP contribution in [0.25, 0.3) is 5.69 Å². The van der Waals surface area contributed by atoms with Crippen molar-refractivity contribution in [3.05, 3.63) is 42.5 Å². The van der Waals surface area contributed by atoms with E-state index in [0.29, 0.717) is 12.4 Å². The summed E-state index contributed by atoms with van der Waals surface area (Å²) < 4.78 is 7.55. The third-order valence-corrected chi connectivity index (χ3v) is 4.97. The molecule has 25 heavy (non-hydrogen) atoms. The largest absolute Gasteiger partial charge is 0.376 e. The van der Waals surface area contributed by atoms with Gasteiger partial charge in [0, 0.05) is 13.2 Å². The van der Waals surface area contributed by atoms with Gasteiger partial charge < -0.3 is 15.0 Å². The maximum Gasteiger partial charge on any atom is 0.318 e. The van der Waals surface area contributed by atoms with E-state index >= 15 is 0 Å². The Morgan fingerprint density at radius 2 is 2.12 bits per heavy atom. The minimum Gasteiger partial charge on any atom is -0.376 e. The first kappa shape index (κ1) is 16.1. The minimum absolute atomic E-state index is 0.0411. The number of urea groups is 1. The number of para-hydroxylation sites is 1. The van der Waals surface area contributed by atoms with E-state index in [-0.39, 0.29) is 18.2 Å². The third-order valence-electron chi connectivity index (χ3n) is 4.97. The molecule has 4 rings (SSSR count). The van der Waals surface area contributed by atoms with E-state index in [4.69, 9.17) is 4.74 Å². The second kappa shape index (κ2) is 7.23. The molecule has 0 bridgehead atoms. The summed E-state index contributed by atoms with van der Waals surface area (Å²) in [5, 5.41) is 7.26. The number of rotatable bonds is 4. The molecule has 0 spiro atoms. The Hall–Kier alpha value is -2.41. The molecule has 3 heterocycles. The lowest BCUT2D eigenvalue weighted by molar-refractivity contribution is 0.0520. The van der Waals surface area contributed by atoms with Crippen LogP contribution in [0, 0.1) is 0 Å². The van der Waals surface area contributed by atoms with Crippen molar-refractivity contribution in [1.29, 1.82) is 0 Å². The van der Waals surface area contributed by atoms with Crippen LogP contribution in [0.3, 0.4) is 0 Å². The van der Waals surface area contributed by atoms with Crippen LogP contribution in [-0.4, -0.2) is 51.0 Å². The van der Waals surface area contributed by atoms with Crippen LogP contribution >= 0.6 is 0 Å². The van der Waals surface area contributed by atoms with Crippen LogP contribution in [0.2, 0.25) is 0 Å². The number of benzene rings is 1. The van der Waals surface area contributed by atoms with E-state index in [0.717, 1.165) is 44.5 Å². The fraction of sp³-hybridized carbons (Fsp3) is 0.500. The molecule has 1 aromatic carbocycles. The maximum absolute atomic E-state index is 12.7. The zero-order valence-electron chi connectivity index (χ0n) is 14.2. The number of aromatic nitrogens is 3. The van der Waals surface area contributed by atoms with Crippen molar-refractivity contribution in [1.82, 2.24) is 25.0 Å². The number of amides is 2. The number of ether oxygens (including phenoxy) is 1. The van der Waals surface area contributed by atoms with Gasteiger partial charge in [-0.05, 0) is 37.8 Å². The SMILES string of the molecule is O=C(NCc1ncnn1-c1ccccc1)N1CCC[C@H]1[C@H]1CCCO1. The molecule has 1 N–H and O–H groups in total. The van der Waals surface area contributed by atoms with Gasteiger partial charge in [-0.15, -0.1) is 0 Å². The van der Waals surface area contributed by atoms with Gasteiger partial charge in [0.25, 0.3) is 0 Å². The van der Waals surface area contributed by atoms with E-state index < -0.39 is 0 Å². The lowest BCUT2D eigenvalue weighted by Gasteiger charge is -2.28. The lowest BCUT2D eigenvalue weighted by Crippen LogP contribution is -2.47. The monoisotopic (exact) mass is 341 g/mol. The molecule has 0 aliphatic carbocycles. The van der Waals surface area contributed by atoms with E-state index in [1.54, 1.807) is 4.68 Å². The second-order valence-electron chi connectivity index (χ2n) is 6.54. The van der Waals surface area contributed by atoms with Gasteiger partial charge in [0.05, 0.1) is 24.4 Å². The van der Waals surface area contributed by atoms with Crippen LogP contribution in [-0.2, 0) is 11.3 Å². The fourth-order valence-corrected chi connectivity index (χ4v) is 3.76. The lowest BCUT2D eigenvalue weighted by atomic mass is 10.1. The van der Waals surface area contributed by atoms with E-state index in [2.05, 4.69) is 15.4 Å². The van der Waals surface area contributed by atoms with Gasteiger partial charge in [-0.2, -0.15) is 5.10 Å². The number of carbonyl (C=O) groups is 1.